The molecule has 0 unspecified atom stereocenters. The molecule has 0 saturated carbocycles. The molecule has 1 aliphatic rings. The quantitative estimate of drug-likeness (QED) is 0.565. The SMILES string of the molecule is CCOC(=O)N1CCC(NC(N)=NCCN(CC)c2cccc(C)c2)CC1. The number of aryl methyl sites for hydroxylation is 1. The average molecular weight is 376 g/mol. The topological polar surface area (TPSA) is 83.2 Å². The molecular weight excluding hydrogens is 342 g/mol. The van der Waals surface area contributed by atoms with Gasteiger partial charge in [-0.2, -0.15) is 0 Å². The van der Waals surface area contributed by atoms with E-state index in [1.54, 1.807) is 4.90 Å². The maximum atomic E-state index is 11.7. The molecule has 1 heterocycles. The maximum Gasteiger partial charge on any atom is 0.409 e. The van der Waals surface area contributed by atoms with Crippen LogP contribution in [0, 0.1) is 6.92 Å². The molecule has 150 valence electrons. The number of hydrogen-bond acceptors (Lipinski definition) is 4. The van der Waals surface area contributed by atoms with Gasteiger partial charge in [0, 0.05) is 37.9 Å². The zero-order chi connectivity index (χ0) is 19.6. The van der Waals surface area contributed by atoms with Crippen LogP contribution in [0.1, 0.15) is 32.3 Å². The number of carbonyl (C=O) groups excluding carboxylic acids is 1. The molecule has 3 N–H and O–H groups in total. The maximum absolute atomic E-state index is 11.7. The molecule has 1 amide bonds. The zero-order valence-electron chi connectivity index (χ0n) is 16.8. The number of nitrogens with one attached hydrogen (secondary N) is 1. The van der Waals surface area contributed by atoms with Crippen molar-refractivity contribution in [2.24, 2.45) is 10.7 Å². The standard InChI is InChI=1S/C20H33N5O2/c1-4-24(18-8-6-7-16(3)15-18)14-11-22-19(21)23-17-9-12-25(13-10-17)20(26)27-5-2/h6-8,15,17H,4-5,9-14H2,1-3H3,(H3,21,22,23). The van der Waals surface area contributed by atoms with Gasteiger partial charge in [-0.1, -0.05) is 12.1 Å². The number of amides is 1. The smallest absolute Gasteiger partial charge is 0.409 e. The monoisotopic (exact) mass is 375 g/mol. The Morgan fingerprint density at radius 1 is 1.37 bits per heavy atom. The number of hydrogen-bond donors (Lipinski definition) is 2. The number of likely N-dealkylation sites (N-methyl/N-ethyl adjacent to an activating group) is 1. The van der Waals surface area contributed by atoms with Gasteiger partial charge in [0.25, 0.3) is 0 Å². The fourth-order valence-electron chi connectivity index (χ4n) is 3.26. The Kier molecular flexibility index (Phi) is 8.23. The molecule has 0 atom stereocenters. The van der Waals surface area contributed by atoms with Crippen LogP contribution in [-0.4, -0.2) is 62.3 Å². The lowest BCUT2D eigenvalue weighted by atomic mass is 10.1. The Morgan fingerprint density at radius 3 is 2.74 bits per heavy atom. The Labute approximate surface area is 162 Å². The number of benzene rings is 1. The summed E-state index contributed by atoms with van der Waals surface area (Å²) in [7, 11) is 0. The highest BCUT2D eigenvalue weighted by atomic mass is 16.6. The van der Waals surface area contributed by atoms with Crippen molar-refractivity contribution < 1.29 is 9.53 Å². The van der Waals surface area contributed by atoms with Crippen molar-refractivity contribution in [1.29, 1.82) is 0 Å². The van der Waals surface area contributed by atoms with Crippen LogP contribution in [0.4, 0.5) is 10.5 Å². The molecule has 0 radical (unpaired) electrons. The van der Waals surface area contributed by atoms with Gasteiger partial charge >= 0.3 is 6.09 Å². The fraction of sp³-hybridized carbons (Fsp3) is 0.600. The Bertz CT molecular complexity index is 627. The summed E-state index contributed by atoms with van der Waals surface area (Å²) < 4.78 is 5.04. The summed E-state index contributed by atoms with van der Waals surface area (Å²) in [6.07, 6.45) is 1.46. The van der Waals surface area contributed by atoms with Crippen LogP contribution in [-0.2, 0) is 4.74 Å². The first-order valence-electron chi connectivity index (χ1n) is 9.83. The van der Waals surface area contributed by atoms with Crippen LogP contribution in [0.5, 0.6) is 0 Å². The molecule has 1 fully saturated rings. The molecule has 0 spiro atoms. The molecule has 1 aliphatic heterocycles. The van der Waals surface area contributed by atoms with E-state index in [9.17, 15) is 4.79 Å². The first-order chi connectivity index (χ1) is 13.0. The molecule has 1 aromatic carbocycles. The number of nitrogens with zero attached hydrogens (tertiary/aromatic N) is 3. The van der Waals surface area contributed by atoms with Gasteiger partial charge in [0.05, 0.1) is 13.2 Å². The molecule has 7 heteroatoms. The van der Waals surface area contributed by atoms with Crippen molar-refractivity contribution in [2.75, 3.05) is 44.2 Å². The largest absolute Gasteiger partial charge is 0.450 e. The summed E-state index contributed by atoms with van der Waals surface area (Å²) >= 11 is 0. The zero-order valence-corrected chi connectivity index (χ0v) is 16.8. The van der Waals surface area contributed by atoms with Gasteiger partial charge in [0.2, 0.25) is 0 Å². The molecule has 2 rings (SSSR count). The Morgan fingerprint density at radius 2 is 2.11 bits per heavy atom. The number of piperidine rings is 1. The van der Waals surface area contributed by atoms with Gasteiger partial charge in [-0.15, -0.1) is 0 Å². The molecule has 7 nitrogen and oxygen atoms in total. The number of anilines is 1. The van der Waals surface area contributed by atoms with E-state index < -0.39 is 0 Å². The number of guanidine groups is 1. The lowest BCUT2D eigenvalue weighted by Crippen LogP contribution is -2.48. The van der Waals surface area contributed by atoms with Gasteiger partial charge in [0.15, 0.2) is 5.96 Å². The summed E-state index contributed by atoms with van der Waals surface area (Å²) in [6, 6.07) is 8.74. The summed E-state index contributed by atoms with van der Waals surface area (Å²) in [5.41, 5.74) is 8.52. The summed E-state index contributed by atoms with van der Waals surface area (Å²) in [5.74, 6) is 0.477. The van der Waals surface area contributed by atoms with E-state index in [0.717, 1.165) is 25.9 Å². The Balaban J connectivity index is 1.75. The van der Waals surface area contributed by atoms with E-state index in [1.807, 2.05) is 6.92 Å². The molecular formula is C20H33N5O2. The second-order valence-electron chi connectivity index (χ2n) is 6.79. The predicted octanol–water partition coefficient (Wildman–Crippen LogP) is 2.35. The number of ether oxygens (including phenoxy) is 1. The molecule has 1 saturated heterocycles. The number of carbonyl (C=O) groups is 1. The second kappa shape index (κ2) is 10.6. The lowest BCUT2D eigenvalue weighted by Gasteiger charge is -2.31. The Hall–Kier alpha value is -2.44. The van der Waals surface area contributed by atoms with E-state index in [2.05, 4.69) is 53.3 Å². The number of aliphatic imine (C=N–C) groups is 1. The van der Waals surface area contributed by atoms with Crippen molar-refractivity contribution in [3.63, 3.8) is 0 Å². The summed E-state index contributed by atoms with van der Waals surface area (Å²) in [5, 5.41) is 3.28. The van der Waals surface area contributed by atoms with Crippen molar-refractivity contribution >= 4 is 17.7 Å². The molecule has 0 bridgehead atoms. The number of nitrogens with two attached hydrogens (primary N) is 1. The van der Waals surface area contributed by atoms with Gasteiger partial charge < -0.3 is 25.6 Å². The van der Waals surface area contributed by atoms with Crippen molar-refractivity contribution in [3.05, 3.63) is 29.8 Å². The van der Waals surface area contributed by atoms with Gasteiger partial charge in [-0.25, -0.2) is 4.79 Å². The number of likely N-dealkylation sites (tertiary alicyclic amines) is 1. The third-order valence-electron chi connectivity index (χ3n) is 4.77. The molecule has 0 aromatic heterocycles. The van der Waals surface area contributed by atoms with Gasteiger partial charge in [-0.05, 0) is 51.3 Å². The molecule has 0 aliphatic carbocycles. The lowest BCUT2D eigenvalue weighted by molar-refractivity contribution is 0.0963. The normalized spacial score (nSPS) is 15.5. The minimum Gasteiger partial charge on any atom is -0.450 e. The van der Waals surface area contributed by atoms with Gasteiger partial charge in [-0.3, -0.25) is 4.99 Å². The highest BCUT2D eigenvalue weighted by Gasteiger charge is 2.23. The second-order valence-corrected chi connectivity index (χ2v) is 6.79. The van der Waals surface area contributed by atoms with E-state index in [0.29, 0.717) is 32.2 Å². The third-order valence-corrected chi connectivity index (χ3v) is 4.77. The van der Waals surface area contributed by atoms with Crippen molar-refractivity contribution in [1.82, 2.24) is 10.2 Å². The van der Waals surface area contributed by atoms with Crippen LogP contribution in [0.3, 0.4) is 0 Å². The van der Waals surface area contributed by atoms with Gasteiger partial charge in [0.1, 0.15) is 0 Å². The first-order valence-corrected chi connectivity index (χ1v) is 9.83. The molecule has 27 heavy (non-hydrogen) atoms. The fourth-order valence-corrected chi connectivity index (χ4v) is 3.26. The number of rotatable bonds is 7. The van der Waals surface area contributed by atoms with E-state index in [4.69, 9.17) is 10.5 Å². The first kappa shape index (κ1) is 20.9. The predicted molar refractivity (Wildman–Crippen MR) is 110 cm³/mol. The van der Waals surface area contributed by atoms with E-state index in [1.165, 1.54) is 11.3 Å². The average Bonchev–Trinajstić information content (AvgIpc) is 2.66. The summed E-state index contributed by atoms with van der Waals surface area (Å²) in [4.78, 5) is 20.2. The highest BCUT2D eigenvalue weighted by Crippen LogP contribution is 2.15. The minimum absolute atomic E-state index is 0.228. The molecule has 1 aromatic rings. The van der Waals surface area contributed by atoms with Crippen molar-refractivity contribution in [3.8, 4) is 0 Å². The summed E-state index contributed by atoms with van der Waals surface area (Å²) in [6.45, 7) is 10.2. The van der Waals surface area contributed by atoms with E-state index >= 15 is 0 Å². The van der Waals surface area contributed by atoms with Crippen LogP contribution in [0.2, 0.25) is 0 Å². The van der Waals surface area contributed by atoms with Crippen molar-refractivity contribution in [2.45, 2.75) is 39.7 Å². The van der Waals surface area contributed by atoms with Crippen LogP contribution < -0.4 is 16.0 Å². The third kappa shape index (κ3) is 6.66. The van der Waals surface area contributed by atoms with Crippen LogP contribution in [0.25, 0.3) is 0 Å². The highest BCUT2D eigenvalue weighted by molar-refractivity contribution is 5.78. The van der Waals surface area contributed by atoms with E-state index in [-0.39, 0.29) is 12.1 Å². The van der Waals surface area contributed by atoms with Crippen LogP contribution >= 0.6 is 0 Å². The van der Waals surface area contributed by atoms with Crippen LogP contribution in [0.15, 0.2) is 29.3 Å². The minimum atomic E-state index is -0.228.